The van der Waals surface area contributed by atoms with Gasteiger partial charge in [0.2, 0.25) is 0 Å². The van der Waals surface area contributed by atoms with Crippen LogP contribution in [0, 0.1) is 5.82 Å². The predicted molar refractivity (Wildman–Crippen MR) is 137 cm³/mol. The molecule has 0 aliphatic carbocycles. The van der Waals surface area contributed by atoms with Crippen LogP contribution in [0.15, 0.2) is 60.7 Å². The minimum atomic E-state index is -0.906. The van der Waals surface area contributed by atoms with Crippen molar-refractivity contribution in [2.75, 3.05) is 18.0 Å². The minimum Gasteiger partial charge on any atom is -0.489 e. The van der Waals surface area contributed by atoms with Crippen molar-refractivity contribution in [3.8, 4) is 16.9 Å². The van der Waals surface area contributed by atoms with E-state index in [1.165, 1.54) is 0 Å². The van der Waals surface area contributed by atoms with E-state index in [1.807, 2.05) is 31.2 Å². The molecule has 1 aliphatic heterocycles. The van der Waals surface area contributed by atoms with Crippen molar-refractivity contribution in [2.24, 2.45) is 5.73 Å². The Morgan fingerprint density at radius 3 is 2.63 bits per heavy atom. The van der Waals surface area contributed by atoms with Crippen LogP contribution in [-0.2, 0) is 17.8 Å². The maximum Gasteiger partial charge on any atom is 0.307 e. The van der Waals surface area contributed by atoms with Crippen LogP contribution in [0.3, 0.4) is 0 Å². The van der Waals surface area contributed by atoms with E-state index in [0.29, 0.717) is 22.4 Å². The van der Waals surface area contributed by atoms with E-state index >= 15 is 4.39 Å². The first-order valence-corrected chi connectivity index (χ1v) is 12.3. The van der Waals surface area contributed by atoms with E-state index in [4.69, 9.17) is 10.5 Å². The van der Waals surface area contributed by atoms with Gasteiger partial charge in [0.05, 0.1) is 6.42 Å². The molecule has 1 fully saturated rings. The lowest BCUT2D eigenvalue weighted by molar-refractivity contribution is -0.136. The van der Waals surface area contributed by atoms with Crippen molar-refractivity contribution in [1.82, 2.24) is 0 Å². The van der Waals surface area contributed by atoms with E-state index in [-0.39, 0.29) is 24.9 Å². The highest BCUT2D eigenvalue weighted by Gasteiger charge is 2.19. The minimum absolute atomic E-state index is 0.106. The number of hydrogen-bond acceptors (Lipinski definition) is 4. The molecule has 0 bridgehead atoms. The van der Waals surface area contributed by atoms with Gasteiger partial charge in [0.25, 0.3) is 0 Å². The number of carboxylic acids is 1. The Balaban J connectivity index is 1.68. The molecule has 0 saturated carbocycles. The summed E-state index contributed by atoms with van der Waals surface area (Å²) in [4.78, 5) is 13.5. The van der Waals surface area contributed by atoms with Gasteiger partial charge in [-0.2, -0.15) is 0 Å². The fourth-order valence-corrected chi connectivity index (χ4v) is 4.71. The maximum atomic E-state index is 15.6. The van der Waals surface area contributed by atoms with Gasteiger partial charge in [-0.05, 0) is 54.7 Å². The number of aliphatic carboxylic acids is 1. The van der Waals surface area contributed by atoms with Gasteiger partial charge in [-0.3, -0.25) is 4.79 Å². The standard InChI is InChI=1S/C29H33FN2O3/c1-2-8-26(31)25-11-7-10-24(29(25)30)22-15-20(16-23(17-22)32-13-5-6-14-32)19-35-27-12-4-3-9-21(27)18-28(33)34/h3-4,7,9-12,15-17,26H,2,5-6,8,13-14,18-19,31H2,1H3,(H,33,34)/t26-/m1/s1. The molecule has 3 aromatic rings. The molecule has 0 radical (unpaired) electrons. The summed E-state index contributed by atoms with van der Waals surface area (Å²) in [5.74, 6) is -0.636. The van der Waals surface area contributed by atoms with Crippen molar-refractivity contribution in [2.45, 2.75) is 51.7 Å². The number of halogens is 1. The summed E-state index contributed by atoms with van der Waals surface area (Å²) >= 11 is 0. The molecule has 1 atom stereocenters. The second kappa shape index (κ2) is 11.4. The van der Waals surface area contributed by atoms with Gasteiger partial charge >= 0.3 is 5.97 Å². The molecule has 0 aromatic heterocycles. The zero-order valence-electron chi connectivity index (χ0n) is 20.2. The molecule has 1 saturated heterocycles. The summed E-state index contributed by atoms with van der Waals surface area (Å²) in [7, 11) is 0. The second-order valence-corrected chi connectivity index (χ2v) is 9.15. The summed E-state index contributed by atoms with van der Waals surface area (Å²) in [6.07, 6.45) is 3.77. The Bertz CT molecular complexity index is 1170. The van der Waals surface area contributed by atoms with Gasteiger partial charge in [-0.25, -0.2) is 4.39 Å². The number of nitrogens with zero attached hydrogens (tertiary/aromatic N) is 1. The van der Waals surface area contributed by atoms with E-state index < -0.39 is 5.97 Å². The van der Waals surface area contributed by atoms with Crippen LogP contribution in [0.2, 0.25) is 0 Å². The molecule has 1 heterocycles. The summed E-state index contributed by atoms with van der Waals surface area (Å²) < 4.78 is 21.7. The summed E-state index contributed by atoms with van der Waals surface area (Å²) in [5, 5.41) is 9.21. The first-order chi connectivity index (χ1) is 17.0. The molecule has 5 nitrogen and oxygen atoms in total. The van der Waals surface area contributed by atoms with E-state index in [2.05, 4.69) is 11.0 Å². The van der Waals surface area contributed by atoms with E-state index in [0.717, 1.165) is 55.6 Å². The quantitative estimate of drug-likeness (QED) is 0.370. The molecule has 0 spiro atoms. The fourth-order valence-electron chi connectivity index (χ4n) is 4.71. The summed E-state index contributed by atoms with van der Waals surface area (Å²) in [6, 6.07) is 18.3. The van der Waals surface area contributed by atoms with Crippen molar-refractivity contribution in [3.63, 3.8) is 0 Å². The second-order valence-electron chi connectivity index (χ2n) is 9.15. The van der Waals surface area contributed by atoms with Crippen LogP contribution < -0.4 is 15.4 Å². The lowest BCUT2D eigenvalue weighted by atomic mass is 9.95. The number of carbonyl (C=O) groups is 1. The van der Waals surface area contributed by atoms with Crippen LogP contribution in [0.1, 0.15) is 55.3 Å². The molecule has 6 heteroatoms. The van der Waals surface area contributed by atoms with Crippen LogP contribution in [0.25, 0.3) is 11.1 Å². The van der Waals surface area contributed by atoms with Gasteiger partial charge in [-0.1, -0.05) is 49.7 Å². The molecule has 184 valence electrons. The highest BCUT2D eigenvalue weighted by Crippen LogP contribution is 2.34. The number of rotatable bonds is 10. The molecule has 1 aliphatic rings. The van der Waals surface area contributed by atoms with Crippen LogP contribution in [0.5, 0.6) is 5.75 Å². The third-order valence-corrected chi connectivity index (χ3v) is 6.50. The fraction of sp³-hybridized carbons (Fsp3) is 0.345. The van der Waals surface area contributed by atoms with Gasteiger partial charge < -0.3 is 20.5 Å². The molecule has 0 amide bonds. The summed E-state index contributed by atoms with van der Waals surface area (Å²) in [5.41, 5.74) is 10.7. The highest BCUT2D eigenvalue weighted by molar-refractivity contribution is 5.72. The number of ether oxygens (including phenoxy) is 1. The van der Waals surface area contributed by atoms with Crippen molar-refractivity contribution in [1.29, 1.82) is 0 Å². The molecule has 3 N–H and O–H groups in total. The monoisotopic (exact) mass is 476 g/mol. The number of para-hydroxylation sites is 1. The van der Waals surface area contributed by atoms with E-state index in [1.54, 1.807) is 30.3 Å². The van der Waals surface area contributed by atoms with Gasteiger partial charge in [0, 0.05) is 41.5 Å². The third kappa shape index (κ3) is 6.01. The first-order valence-electron chi connectivity index (χ1n) is 12.3. The SMILES string of the molecule is CCC[C@@H](N)c1cccc(-c2cc(COc3ccccc3CC(=O)O)cc(N3CCCC3)c2)c1F. The third-order valence-electron chi connectivity index (χ3n) is 6.50. The molecular formula is C29H33FN2O3. The highest BCUT2D eigenvalue weighted by atomic mass is 19.1. The smallest absolute Gasteiger partial charge is 0.307 e. The normalized spacial score (nSPS) is 14.2. The number of carboxylic acid groups (broad SMARTS) is 1. The number of benzene rings is 3. The van der Waals surface area contributed by atoms with Crippen LogP contribution in [0.4, 0.5) is 10.1 Å². The Kier molecular flexibility index (Phi) is 8.03. The Morgan fingerprint density at radius 1 is 1.11 bits per heavy atom. The van der Waals surface area contributed by atoms with Crippen molar-refractivity contribution < 1.29 is 19.0 Å². The Morgan fingerprint density at radius 2 is 1.89 bits per heavy atom. The van der Waals surface area contributed by atoms with Crippen molar-refractivity contribution >= 4 is 11.7 Å². The average Bonchev–Trinajstić information content (AvgIpc) is 3.38. The molecule has 3 aromatic carbocycles. The maximum absolute atomic E-state index is 15.6. The first kappa shape index (κ1) is 24.7. The number of anilines is 1. The predicted octanol–water partition coefficient (Wildman–Crippen LogP) is 6.10. The lowest BCUT2D eigenvalue weighted by Gasteiger charge is -2.21. The number of nitrogens with two attached hydrogens (primary N) is 1. The van der Waals surface area contributed by atoms with Crippen LogP contribution in [-0.4, -0.2) is 24.2 Å². The Labute approximate surface area is 206 Å². The zero-order chi connectivity index (χ0) is 24.8. The molecule has 0 unspecified atom stereocenters. The zero-order valence-corrected chi connectivity index (χ0v) is 20.2. The summed E-state index contributed by atoms with van der Waals surface area (Å²) in [6.45, 7) is 4.23. The Hall–Kier alpha value is -3.38. The van der Waals surface area contributed by atoms with Gasteiger partial charge in [0.1, 0.15) is 18.2 Å². The largest absolute Gasteiger partial charge is 0.489 e. The number of hydrogen-bond donors (Lipinski definition) is 2. The van der Waals surface area contributed by atoms with Crippen molar-refractivity contribution in [3.05, 3.63) is 83.2 Å². The van der Waals surface area contributed by atoms with Gasteiger partial charge in [0.15, 0.2) is 0 Å². The molecular weight excluding hydrogens is 443 g/mol. The van der Waals surface area contributed by atoms with Gasteiger partial charge in [-0.15, -0.1) is 0 Å². The lowest BCUT2D eigenvalue weighted by Crippen LogP contribution is -2.18. The topological polar surface area (TPSA) is 75.8 Å². The average molecular weight is 477 g/mol. The molecule has 4 rings (SSSR count). The van der Waals surface area contributed by atoms with Crippen LogP contribution >= 0.6 is 0 Å². The molecule has 35 heavy (non-hydrogen) atoms. The van der Waals surface area contributed by atoms with E-state index in [9.17, 15) is 9.90 Å².